The first-order valence-electron chi connectivity index (χ1n) is 19.3. The van der Waals surface area contributed by atoms with Crippen LogP contribution in [0.15, 0.2) is 0 Å². The van der Waals surface area contributed by atoms with Gasteiger partial charge < -0.3 is 9.63 Å². The van der Waals surface area contributed by atoms with Crippen molar-refractivity contribution in [1.82, 2.24) is 0 Å². The summed E-state index contributed by atoms with van der Waals surface area (Å²) in [6.45, 7) is 6.79. The summed E-state index contributed by atoms with van der Waals surface area (Å²) < 4.78 is 19.2. The van der Waals surface area contributed by atoms with Crippen LogP contribution in [0, 0.1) is 0 Å². The van der Waals surface area contributed by atoms with Crippen molar-refractivity contribution in [2.75, 3.05) is 7.11 Å². The normalized spacial score (nSPS) is 14.4. The maximum atomic E-state index is 14.4. The molecular weight excluding hydrogens is 551 g/mol. The quantitative estimate of drug-likeness (QED) is 0.0437. The lowest BCUT2D eigenvalue weighted by atomic mass is 10.0. The monoisotopic (exact) mass is 629 g/mol. The van der Waals surface area contributed by atoms with Crippen LogP contribution in [0.5, 0.6) is 0 Å². The minimum absolute atomic E-state index is 0.00613. The van der Waals surface area contributed by atoms with Gasteiger partial charge in [0, 0.05) is 17.7 Å². The minimum Gasteiger partial charge on any atom is -0.469 e. The van der Waals surface area contributed by atoms with Crippen LogP contribution >= 0.6 is 7.37 Å². The van der Waals surface area contributed by atoms with E-state index in [0.29, 0.717) is 6.42 Å². The lowest BCUT2D eigenvalue weighted by molar-refractivity contribution is -0.140. The number of esters is 1. The maximum Gasteiger partial charge on any atom is 0.305 e. The second-order valence-electron chi connectivity index (χ2n) is 13.6. The van der Waals surface area contributed by atoms with Crippen molar-refractivity contribution in [2.24, 2.45) is 0 Å². The molecule has 0 saturated heterocycles. The predicted octanol–water partition coefficient (Wildman–Crippen LogP) is 13.3. The minimum atomic E-state index is -3.25. The van der Waals surface area contributed by atoms with Gasteiger partial charge >= 0.3 is 5.97 Å². The molecule has 0 aliphatic rings. The second-order valence-corrected chi connectivity index (χ2v) is 16.4. The highest BCUT2D eigenvalue weighted by Crippen LogP contribution is 2.57. The Morgan fingerprint density at radius 2 is 0.744 bits per heavy atom. The highest BCUT2D eigenvalue weighted by atomic mass is 31.2. The summed E-state index contributed by atoms with van der Waals surface area (Å²) in [5.41, 5.74) is -0.0364. The largest absolute Gasteiger partial charge is 0.469 e. The molecule has 0 aromatic heterocycles. The van der Waals surface area contributed by atoms with Gasteiger partial charge in [-0.1, -0.05) is 181 Å². The van der Waals surface area contributed by atoms with Gasteiger partial charge in [0.05, 0.1) is 7.11 Å². The lowest BCUT2D eigenvalue weighted by Gasteiger charge is -2.31. The summed E-state index contributed by atoms with van der Waals surface area (Å²) in [4.78, 5) is 23.3. The van der Waals surface area contributed by atoms with Crippen molar-refractivity contribution in [2.45, 2.75) is 231 Å². The topological polar surface area (TPSA) is 63.6 Å². The molecule has 43 heavy (non-hydrogen) atoms. The van der Waals surface area contributed by atoms with Crippen LogP contribution in [0.1, 0.15) is 220 Å². The van der Waals surface area contributed by atoms with Gasteiger partial charge in [0.15, 0.2) is 0 Å². The Balaban J connectivity index is 5.09. The molecule has 0 heterocycles. The molecule has 3 unspecified atom stereocenters. The van der Waals surface area contributed by atoms with Gasteiger partial charge in [-0.3, -0.25) is 9.36 Å². The van der Waals surface area contributed by atoms with Crippen molar-refractivity contribution < 1.29 is 19.0 Å². The smallest absolute Gasteiger partial charge is 0.305 e. The van der Waals surface area contributed by atoms with Crippen LogP contribution < -0.4 is 0 Å². The number of unbranched alkanes of at least 4 members (excludes halogenated alkanes) is 22. The molecule has 0 spiro atoms. The number of rotatable bonds is 34. The van der Waals surface area contributed by atoms with Crippen LogP contribution in [0.2, 0.25) is 0 Å². The number of hydrogen-bond acceptors (Lipinski definition) is 3. The molecule has 4 nitrogen and oxygen atoms in total. The predicted molar refractivity (Wildman–Crippen MR) is 190 cm³/mol. The third-order valence-electron chi connectivity index (χ3n) is 9.62. The Morgan fingerprint density at radius 1 is 0.488 bits per heavy atom. The maximum absolute atomic E-state index is 14.4. The first-order valence-corrected chi connectivity index (χ1v) is 21.1. The summed E-state index contributed by atoms with van der Waals surface area (Å²) in [7, 11) is -1.80. The van der Waals surface area contributed by atoms with E-state index in [1.807, 2.05) is 0 Å². The molecule has 0 aliphatic carbocycles. The van der Waals surface area contributed by atoms with Crippen molar-refractivity contribution in [3.05, 3.63) is 0 Å². The number of carbonyl (C=O) groups excluding carboxylic acids is 1. The van der Waals surface area contributed by atoms with E-state index in [9.17, 15) is 14.3 Å². The molecule has 0 amide bonds. The molecule has 0 aliphatic heterocycles. The molecule has 0 fully saturated rings. The van der Waals surface area contributed by atoms with Crippen LogP contribution in [-0.2, 0) is 14.1 Å². The van der Waals surface area contributed by atoms with Gasteiger partial charge in [0.2, 0.25) is 7.37 Å². The van der Waals surface area contributed by atoms with E-state index < -0.39 is 7.37 Å². The summed E-state index contributed by atoms with van der Waals surface area (Å²) in [6, 6.07) is 0. The van der Waals surface area contributed by atoms with Crippen molar-refractivity contribution in [3.63, 3.8) is 0 Å². The Bertz CT molecular complexity index is 637. The highest BCUT2D eigenvalue weighted by molar-refractivity contribution is 7.59. The zero-order valence-electron chi connectivity index (χ0n) is 29.7. The van der Waals surface area contributed by atoms with Gasteiger partial charge in [-0.15, -0.1) is 0 Å². The number of carbonyl (C=O) groups is 1. The van der Waals surface area contributed by atoms with Crippen molar-refractivity contribution >= 4 is 13.3 Å². The first kappa shape index (κ1) is 42.7. The number of methoxy groups -OCH3 is 1. The van der Waals surface area contributed by atoms with Gasteiger partial charge in [-0.25, -0.2) is 0 Å². The fraction of sp³-hybridized carbons (Fsp3) is 0.974. The Kier molecular flexibility index (Phi) is 31.4. The average molecular weight is 629 g/mol. The fourth-order valence-electron chi connectivity index (χ4n) is 6.62. The molecule has 0 bridgehead atoms. The molecular formula is C38H77O4P. The second kappa shape index (κ2) is 31.6. The van der Waals surface area contributed by atoms with E-state index in [-0.39, 0.29) is 17.3 Å². The SMILES string of the molecule is CCCCCCCCCCC(CCCCCCCC)P(=O)(O)C(CCCCCCCCC)CCCCCCCC(=O)OC. The lowest BCUT2D eigenvalue weighted by Crippen LogP contribution is -2.20. The Morgan fingerprint density at radius 3 is 1.02 bits per heavy atom. The summed E-state index contributed by atoms with van der Waals surface area (Å²) in [5.74, 6) is -0.121. The van der Waals surface area contributed by atoms with Crippen LogP contribution in [0.4, 0.5) is 0 Å². The molecule has 0 radical (unpaired) electrons. The first-order chi connectivity index (χ1) is 20.9. The molecule has 0 saturated carbocycles. The Labute approximate surface area is 270 Å². The van der Waals surface area contributed by atoms with E-state index in [1.165, 1.54) is 123 Å². The molecule has 0 aromatic rings. The highest BCUT2D eigenvalue weighted by Gasteiger charge is 2.37. The third-order valence-corrected chi connectivity index (χ3v) is 12.7. The molecule has 258 valence electrons. The molecule has 0 aromatic carbocycles. The van der Waals surface area contributed by atoms with E-state index in [2.05, 4.69) is 20.8 Å². The standard InChI is InChI=1S/C38H77O4P/c1-5-8-11-14-17-19-23-28-33-36(31-26-21-16-13-10-7-3)43(40,41)37(32-27-22-18-15-12-9-6-2)34-29-24-20-25-30-35-38(39)42-4/h36-37H,5-35H2,1-4H3,(H,40,41). The zero-order chi connectivity index (χ0) is 31.9. The molecule has 0 rings (SSSR count). The third kappa shape index (κ3) is 25.5. The Hall–Kier alpha value is -0.340. The summed E-state index contributed by atoms with van der Waals surface area (Å²) in [6.07, 6.45) is 35.9. The summed E-state index contributed by atoms with van der Waals surface area (Å²) >= 11 is 0. The van der Waals surface area contributed by atoms with Crippen LogP contribution in [-0.4, -0.2) is 29.3 Å². The molecule has 3 atom stereocenters. The van der Waals surface area contributed by atoms with E-state index in [4.69, 9.17) is 4.74 Å². The molecule has 1 N–H and O–H groups in total. The van der Waals surface area contributed by atoms with Gasteiger partial charge in [0.25, 0.3) is 0 Å². The van der Waals surface area contributed by atoms with Crippen molar-refractivity contribution in [1.29, 1.82) is 0 Å². The average Bonchev–Trinajstić information content (AvgIpc) is 3.00. The van der Waals surface area contributed by atoms with Gasteiger partial charge in [-0.05, 0) is 32.1 Å². The van der Waals surface area contributed by atoms with Crippen LogP contribution in [0.3, 0.4) is 0 Å². The fourth-order valence-corrected chi connectivity index (χ4v) is 9.43. The van der Waals surface area contributed by atoms with Crippen LogP contribution in [0.25, 0.3) is 0 Å². The summed E-state index contributed by atoms with van der Waals surface area (Å²) in [5, 5.41) is 0. The van der Waals surface area contributed by atoms with Crippen molar-refractivity contribution in [3.8, 4) is 0 Å². The number of ether oxygens (including phenoxy) is 1. The van der Waals surface area contributed by atoms with Gasteiger partial charge in [0.1, 0.15) is 0 Å². The van der Waals surface area contributed by atoms with Gasteiger partial charge in [-0.2, -0.15) is 0 Å². The van der Waals surface area contributed by atoms with E-state index in [0.717, 1.165) is 77.0 Å². The number of hydrogen-bond donors (Lipinski definition) is 1. The van der Waals surface area contributed by atoms with E-state index >= 15 is 0 Å². The van der Waals surface area contributed by atoms with E-state index in [1.54, 1.807) is 0 Å². The zero-order valence-corrected chi connectivity index (χ0v) is 30.6. The molecule has 5 heteroatoms.